The van der Waals surface area contributed by atoms with Crippen LogP contribution in [0.1, 0.15) is 38.5 Å². The molecule has 4 heteroatoms. The summed E-state index contributed by atoms with van der Waals surface area (Å²) in [7, 11) is 0. The highest BCUT2D eigenvalue weighted by molar-refractivity contribution is 5.79. The van der Waals surface area contributed by atoms with E-state index in [2.05, 4.69) is 5.32 Å². The van der Waals surface area contributed by atoms with Crippen molar-refractivity contribution < 1.29 is 14.6 Å². The van der Waals surface area contributed by atoms with Crippen molar-refractivity contribution in [1.29, 1.82) is 0 Å². The number of nitrogens with one attached hydrogen (secondary N) is 1. The molecule has 0 aromatic carbocycles. The molecular formula is C12H21NO3. The van der Waals surface area contributed by atoms with Crippen molar-refractivity contribution in [2.24, 2.45) is 5.92 Å². The molecule has 2 aliphatic rings. The first-order valence-electron chi connectivity index (χ1n) is 6.26. The Bertz CT molecular complexity index is 243. The van der Waals surface area contributed by atoms with Crippen molar-refractivity contribution in [2.75, 3.05) is 19.8 Å². The van der Waals surface area contributed by atoms with Gasteiger partial charge in [-0.05, 0) is 25.7 Å². The van der Waals surface area contributed by atoms with Gasteiger partial charge in [0, 0.05) is 19.1 Å². The molecule has 0 spiro atoms. The first-order chi connectivity index (χ1) is 7.76. The molecule has 0 atom stereocenters. The van der Waals surface area contributed by atoms with E-state index in [-0.39, 0.29) is 18.4 Å². The summed E-state index contributed by atoms with van der Waals surface area (Å²) in [6, 6.07) is 0. The number of rotatable bonds is 3. The van der Waals surface area contributed by atoms with Gasteiger partial charge < -0.3 is 15.2 Å². The van der Waals surface area contributed by atoms with Crippen molar-refractivity contribution in [3.8, 4) is 0 Å². The zero-order chi connectivity index (χ0) is 11.4. The second-order valence-corrected chi connectivity index (χ2v) is 5.02. The van der Waals surface area contributed by atoms with Crippen molar-refractivity contribution in [1.82, 2.24) is 5.32 Å². The maximum absolute atomic E-state index is 12.0. The molecule has 4 nitrogen and oxygen atoms in total. The lowest BCUT2D eigenvalue weighted by molar-refractivity contribution is -0.129. The van der Waals surface area contributed by atoms with E-state index in [1.807, 2.05) is 0 Å². The summed E-state index contributed by atoms with van der Waals surface area (Å²) in [4.78, 5) is 12.0. The number of carbonyl (C=O) groups is 1. The van der Waals surface area contributed by atoms with Gasteiger partial charge in [0.25, 0.3) is 0 Å². The monoisotopic (exact) mass is 227 g/mol. The lowest BCUT2D eigenvalue weighted by Gasteiger charge is -2.37. The van der Waals surface area contributed by atoms with E-state index in [1.54, 1.807) is 0 Å². The molecule has 0 aromatic heterocycles. The van der Waals surface area contributed by atoms with Crippen LogP contribution in [0.5, 0.6) is 0 Å². The van der Waals surface area contributed by atoms with E-state index < -0.39 is 5.54 Å². The van der Waals surface area contributed by atoms with Crippen LogP contribution >= 0.6 is 0 Å². The van der Waals surface area contributed by atoms with Crippen LogP contribution in [-0.4, -0.2) is 36.4 Å². The molecule has 2 N–H and O–H groups in total. The Labute approximate surface area is 96.4 Å². The average Bonchev–Trinajstić information content (AvgIpc) is 2.84. The lowest BCUT2D eigenvalue weighted by Crippen LogP contribution is -2.55. The van der Waals surface area contributed by atoms with Crippen LogP contribution in [0.15, 0.2) is 0 Å². The Hall–Kier alpha value is -0.610. The molecule has 2 fully saturated rings. The minimum atomic E-state index is -0.419. The van der Waals surface area contributed by atoms with Crippen LogP contribution in [0.3, 0.4) is 0 Å². The highest BCUT2D eigenvalue weighted by Gasteiger charge is 2.35. The minimum Gasteiger partial charge on any atom is -0.394 e. The normalized spacial score (nSPS) is 25.6. The highest BCUT2D eigenvalue weighted by Crippen LogP contribution is 2.27. The third-order valence-corrected chi connectivity index (χ3v) is 3.87. The molecule has 0 radical (unpaired) electrons. The molecule has 1 aliphatic heterocycles. The molecule has 1 saturated heterocycles. The molecule has 0 aromatic rings. The predicted molar refractivity (Wildman–Crippen MR) is 60.0 cm³/mol. The van der Waals surface area contributed by atoms with Crippen LogP contribution in [0.25, 0.3) is 0 Å². The van der Waals surface area contributed by atoms with Gasteiger partial charge in [0.15, 0.2) is 0 Å². The summed E-state index contributed by atoms with van der Waals surface area (Å²) in [5.41, 5.74) is -0.419. The number of aliphatic hydroxyl groups excluding tert-OH is 1. The van der Waals surface area contributed by atoms with E-state index in [4.69, 9.17) is 4.74 Å². The first-order valence-corrected chi connectivity index (χ1v) is 6.26. The molecule has 1 heterocycles. The molecule has 1 amide bonds. The van der Waals surface area contributed by atoms with Gasteiger partial charge in [0.05, 0.1) is 12.1 Å². The van der Waals surface area contributed by atoms with Gasteiger partial charge in [0.2, 0.25) is 5.91 Å². The van der Waals surface area contributed by atoms with Crippen LogP contribution in [0.2, 0.25) is 0 Å². The van der Waals surface area contributed by atoms with Gasteiger partial charge in [-0.3, -0.25) is 4.79 Å². The van der Waals surface area contributed by atoms with Crippen molar-refractivity contribution in [3.05, 3.63) is 0 Å². The summed E-state index contributed by atoms with van der Waals surface area (Å²) < 4.78 is 5.27. The Balaban J connectivity index is 1.91. The number of aliphatic hydroxyl groups is 1. The molecule has 92 valence electrons. The number of carbonyl (C=O) groups excluding carboxylic acids is 1. The summed E-state index contributed by atoms with van der Waals surface area (Å²) in [5, 5.41) is 12.5. The van der Waals surface area contributed by atoms with E-state index >= 15 is 0 Å². The number of hydrogen-bond donors (Lipinski definition) is 2. The SMILES string of the molecule is O=C(NC1(CO)CCOCC1)C1CCCC1. The summed E-state index contributed by atoms with van der Waals surface area (Å²) in [6.45, 7) is 1.28. The van der Waals surface area contributed by atoms with Gasteiger partial charge in [-0.1, -0.05) is 12.8 Å². The van der Waals surface area contributed by atoms with Gasteiger partial charge in [-0.25, -0.2) is 0 Å². The maximum atomic E-state index is 12.0. The molecule has 0 bridgehead atoms. The van der Waals surface area contributed by atoms with Crippen molar-refractivity contribution in [2.45, 2.75) is 44.1 Å². The molecule has 2 rings (SSSR count). The summed E-state index contributed by atoms with van der Waals surface area (Å²) >= 11 is 0. The fourth-order valence-electron chi connectivity index (χ4n) is 2.64. The van der Waals surface area contributed by atoms with Gasteiger partial charge >= 0.3 is 0 Å². The van der Waals surface area contributed by atoms with E-state index in [9.17, 15) is 9.90 Å². The largest absolute Gasteiger partial charge is 0.394 e. The highest BCUT2D eigenvalue weighted by atomic mass is 16.5. The Morgan fingerprint density at radius 3 is 2.50 bits per heavy atom. The number of hydrogen-bond acceptors (Lipinski definition) is 3. The van der Waals surface area contributed by atoms with Crippen LogP contribution in [-0.2, 0) is 9.53 Å². The maximum Gasteiger partial charge on any atom is 0.223 e. The molecule has 16 heavy (non-hydrogen) atoms. The smallest absolute Gasteiger partial charge is 0.223 e. The summed E-state index contributed by atoms with van der Waals surface area (Å²) in [6.07, 6.45) is 5.78. The fourth-order valence-corrected chi connectivity index (χ4v) is 2.64. The lowest BCUT2D eigenvalue weighted by atomic mass is 9.90. The van der Waals surface area contributed by atoms with Crippen LogP contribution < -0.4 is 5.32 Å². The van der Waals surface area contributed by atoms with E-state index in [0.29, 0.717) is 13.2 Å². The fraction of sp³-hybridized carbons (Fsp3) is 0.917. The van der Waals surface area contributed by atoms with Crippen LogP contribution in [0, 0.1) is 5.92 Å². The van der Waals surface area contributed by atoms with Crippen molar-refractivity contribution in [3.63, 3.8) is 0 Å². The zero-order valence-corrected chi connectivity index (χ0v) is 9.71. The third kappa shape index (κ3) is 2.55. The predicted octanol–water partition coefficient (Wildman–Crippen LogP) is 0.834. The second-order valence-electron chi connectivity index (χ2n) is 5.02. The van der Waals surface area contributed by atoms with Gasteiger partial charge in [-0.2, -0.15) is 0 Å². The van der Waals surface area contributed by atoms with E-state index in [0.717, 1.165) is 38.5 Å². The topological polar surface area (TPSA) is 58.6 Å². The number of amides is 1. The summed E-state index contributed by atoms with van der Waals surface area (Å²) in [5.74, 6) is 0.305. The first kappa shape index (κ1) is 11.9. The minimum absolute atomic E-state index is 0.0226. The van der Waals surface area contributed by atoms with Gasteiger partial charge in [-0.15, -0.1) is 0 Å². The number of ether oxygens (including phenoxy) is 1. The Morgan fingerprint density at radius 1 is 1.31 bits per heavy atom. The molecular weight excluding hydrogens is 206 g/mol. The molecule has 1 saturated carbocycles. The third-order valence-electron chi connectivity index (χ3n) is 3.87. The molecule has 0 unspecified atom stereocenters. The molecule has 1 aliphatic carbocycles. The quantitative estimate of drug-likeness (QED) is 0.751. The Morgan fingerprint density at radius 2 is 1.94 bits per heavy atom. The van der Waals surface area contributed by atoms with E-state index in [1.165, 1.54) is 0 Å². The van der Waals surface area contributed by atoms with Crippen molar-refractivity contribution >= 4 is 5.91 Å². The zero-order valence-electron chi connectivity index (χ0n) is 9.71. The van der Waals surface area contributed by atoms with Gasteiger partial charge in [0.1, 0.15) is 0 Å². The van der Waals surface area contributed by atoms with Crippen LogP contribution in [0.4, 0.5) is 0 Å². The average molecular weight is 227 g/mol. The standard InChI is InChI=1S/C12H21NO3/c14-9-12(5-7-16-8-6-12)13-11(15)10-3-1-2-4-10/h10,14H,1-9H2,(H,13,15). The Kier molecular flexibility index (Phi) is 3.82. The second kappa shape index (κ2) is 5.15.